The summed E-state index contributed by atoms with van der Waals surface area (Å²) >= 11 is 7.15. The Balaban J connectivity index is 1.76. The lowest BCUT2D eigenvalue weighted by Gasteiger charge is -2.08. The number of hydrogen-bond acceptors (Lipinski definition) is 4. The fourth-order valence-corrected chi connectivity index (χ4v) is 3.24. The van der Waals surface area contributed by atoms with E-state index in [2.05, 4.69) is 0 Å². The molecule has 3 aromatic rings. The van der Waals surface area contributed by atoms with Crippen LogP contribution in [0.4, 0.5) is 10.1 Å². The molecule has 0 fully saturated rings. The van der Waals surface area contributed by atoms with E-state index in [4.69, 9.17) is 16.3 Å². The maximum atomic E-state index is 12.9. The largest absolute Gasteiger partial charge is 0.489 e. The van der Waals surface area contributed by atoms with Crippen LogP contribution in [0.1, 0.15) is 5.56 Å². The van der Waals surface area contributed by atoms with Crippen LogP contribution in [-0.2, 0) is 6.61 Å². The van der Waals surface area contributed by atoms with Crippen molar-refractivity contribution in [3.05, 3.63) is 93.2 Å². The summed E-state index contributed by atoms with van der Waals surface area (Å²) in [5, 5.41) is 12.0. The Morgan fingerprint density at radius 1 is 1.04 bits per heavy atom. The second-order valence-corrected chi connectivity index (χ2v) is 6.91. The summed E-state index contributed by atoms with van der Waals surface area (Å²) in [6, 6.07) is 17.7. The van der Waals surface area contributed by atoms with Crippen molar-refractivity contribution in [1.29, 1.82) is 0 Å². The van der Waals surface area contributed by atoms with Crippen LogP contribution < -0.4 is 4.74 Å². The molecule has 0 amide bonds. The molecule has 0 N–H and O–H groups in total. The lowest BCUT2D eigenvalue weighted by Crippen LogP contribution is -1.98. The van der Waals surface area contributed by atoms with E-state index >= 15 is 0 Å². The van der Waals surface area contributed by atoms with Crippen molar-refractivity contribution in [2.75, 3.05) is 0 Å². The van der Waals surface area contributed by atoms with Crippen molar-refractivity contribution < 1.29 is 14.1 Å². The van der Waals surface area contributed by atoms with E-state index in [-0.39, 0.29) is 18.1 Å². The van der Waals surface area contributed by atoms with E-state index in [9.17, 15) is 14.5 Å². The van der Waals surface area contributed by atoms with E-state index in [1.807, 2.05) is 12.1 Å². The van der Waals surface area contributed by atoms with Gasteiger partial charge in [0.1, 0.15) is 18.2 Å². The first-order valence-corrected chi connectivity index (χ1v) is 8.80. The molecule has 3 rings (SSSR count). The third-order valence-electron chi connectivity index (χ3n) is 3.48. The number of benzene rings is 3. The minimum atomic E-state index is -0.417. The molecular formula is C19H13ClFNO3S. The van der Waals surface area contributed by atoms with E-state index in [0.29, 0.717) is 21.2 Å². The number of rotatable bonds is 6. The van der Waals surface area contributed by atoms with Gasteiger partial charge in [0.2, 0.25) is 0 Å². The molecule has 26 heavy (non-hydrogen) atoms. The van der Waals surface area contributed by atoms with Crippen LogP contribution in [-0.4, -0.2) is 4.92 Å². The molecule has 7 heteroatoms. The SMILES string of the molecule is O=[N+]([O-])c1cc(COc2ccc(F)cc2)ccc1Sc1ccc(Cl)cc1. The minimum absolute atomic E-state index is 0.00477. The van der Waals surface area contributed by atoms with Gasteiger partial charge < -0.3 is 4.74 Å². The Morgan fingerprint density at radius 2 is 1.73 bits per heavy atom. The highest BCUT2D eigenvalue weighted by atomic mass is 35.5. The Morgan fingerprint density at radius 3 is 2.38 bits per heavy atom. The van der Waals surface area contributed by atoms with Crippen LogP contribution in [0.3, 0.4) is 0 Å². The fourth-order valence-electron chi connectivity index (χ4n) is 2.21. The number of nitrogens with zero attached hydrogens (tertiary/aromatic N) is 1. The molecule has 0 bridgehead atoms. The van der Waals surface area contributed by atoms with Gasteiger partial charge >= 0.3 is 0 Å². The number of nitro benzene ring substituents is 1. The molecule has 0 saturated carbocycles. The summed E-state index contributed by atoms with van der Waals surface area (Å²) < 4.78 is 18.4. The van der Waals surface area contributed by atoms with Gasteiger partial charge in [-0.2, -0.15) is 0 Å². The smallest absolute Gasteiger partial charge is 0.283 e. The summed E-state index contributed by atoms with van der Waals surface area (Å²) in [5.41, 5.74) is 0.659. The number of nitro groups is 1. The van der Waals surface area contributed by atoms with Gasteiger partial charge in [0.05, 0.1) is 9.82 Å². The van der Waals surface area contributed by atoms with Crippen LogP contribution in [0.2, 0.25) is 5.02 Å². The van der Waals surface area contributed by atoms with Crippen LogP contribution in [0.5, 0.6) is 5.75 Å². The van der Waals surface area contributed by atoms with E-state index in [0.717, 1.165) is 4.90 Å². The summed E-state index contributed by atoms with van der Waals surface area (Å²) in [7, 11) is 0. The molecule has 132 valence electrons. The van der Waals surface area contributed by atoms with Gasteiger partial charge in [0.15, 0.2) is 0 Å². The predicted octanol–water partition coefficient (Wildman–Crippen LogP) is 6.12. The zero-order valence-electron chi connectivity index (χ0n) is 13.4. The van der Waals surface area contributed by atoms with Gasteiger partial charge in [-0.15, -0.1) is 0 Å². The fraction of sp³-hybridized carbons (Fsp3) is 0.0526. The maximum absolute atomic E-state index is 12.9. The molecule has 0 aliphatic rings. The molecule has 3 aromatic carbocycles. The second-order valence-electron chi connectivity index (χ2n) is 5.36. The zero-order valence-corrected chi connectivity index (χ0v) is 15.0. The number of halogens is 2. The number of ether oxygens (including phenoxy) is 1. The Bertz CT molecular complexity index is 917. The standard InChI is InChI=1S/C19H13ClFNO3S/c20-14-2-8-17(9-3-14)26-19-10-1-13(11-18(19)22(23)24)12-25-16-6-4-15(21)5-7-16/h1-11H,12H2. The lowest BCUT2D eigenvalue weighted by atomic mass is 10.2. The first kappa shape index (κ1) is 18.2. The van der Waals surface area contributed by atoms with Gasteiger partial charge in [-0.25, -0.2) is 4.39 Å². The predicted molar refractivity (Wildman–Crippen MR) is 99.4 cm³/mol. The average molecular weight is 390 g/mol. The summed E-state index contributed by atoms with van der Waals surface area (Å²) in [4.78, 5) is 12.4. The molecule has 0 aliphatic heterocycles. The zero-order chi connectivity index (χ0) is 18.5. The Labute approximate surface area is 158 Å². The van der Waals surface area contributed by atoms with Gasteiger partial charge in [0.25, 0.3) is 5.69 Å². The van der Waals surface area contributed by atoms with Crippen LogP contribution >= 0.6 is 23.4 Å². The van der Waals surface area contributed by atoms with Crippen molar-refractivity contribution in [1.82, 2.24) is 0 Å². The van der Waals surface area contributed by atoms with Gasteiger partial charge in [0, 0.05) is 16.0 Å². The number of hydrogen-bond donors (Lipinski definition) is 0. The first-order valence-electron chi connectivity index (χ1n) is 7.60. The quantitative estimate of drug-likeness (QED) is 0.376. The minimum Gasteiger partial charge on any atom is -0.489 e. The van der Waals surface area contributed by atoms with Crippen molar-refractivity contribution in [3.8, 4) is 5.75 Å². The normalized spacial score (nSPS) is 10.5. The van der Waals surface area contributed by atoms with Crippen molar-refractivity contribution in [2.24, 2.45) is 0 Å². The van der Waals surface area contributed by atoms with Gasteiger partial charge in [-0.3, -0.25) is 10.1 Å². The van der Waals surface area contributed by atoms with Crippen LogP contribution in [0.25, 0.3) is 0 Å². The third-order valence-corrected chi connectivity index (χ3v) is 4.81. The average Bonchev–Trinajstić information content (AvgIpc) is 2.64. The highest BCUT2D eigenvalue weighted by Crippen LogP contribution is 2.36. The summed E-state index contributed by atoms with van der Waals surface area (Å²) in [6.07, 6.45) is 0. The molecule has 0 radical (unpaired) electrons. The monoisotopic (exact) mass is 389 g/mol. The van der Waals surface area contributed by atoms with Crippen molar-refractivity contribution in [3.63, 3.8) is 0 Å². The summed E-state index contributed by atoms with van der Waals surface area (Å²) in [5.74, 6) is 0.144. The van der Waals surface area contributed by atoms with E-state index in [1.165, 1.54) is 42.1 Å². The molecular weight excluding hydrogens is 377 g/mol. The van der Waals surface area contributed by atoms with Crippen LogP contribution in [0, 0.1) is 15.9 Å². The van der Waals surface area contributed by atoms with Crippen molar-refractivity contribution >= 4 is 29.1 Å². The molecule has 0 atom stereocenters. The molecule has 4 nitrogen and oxygen atoms in total. The second kappa shape index (κ2) is 8.21. The molecule has 0 spiro atoms. The Kier molecular flexibility index (Phi) is 5.75. The lowest BCUT2D eigenvalue weighted by molar-refractivity contribution is -0.387. The molecule has 0 unspecified atom stereocenters. The summed E-state index contributed by atoms with van der Waals surface area (Å²) in [6.45, 7) is 0.151. The Hall–Kier alpha value is -2.57. The molecule has 0 aliphatic carbocycles. The van der Waals surface area contributed by atoms with E-state index < -0.39 is 4.92 Å². The molecule has 0 saturated heterocycles. The van der Waals surface area contributed by atoms with Gasteiger partial charge in [-0.05, 0) is 60.2 Å². The topological polar surface area (TPSA) is 52.4 Å². The highest BCUT2D eigenvalue weighted by molar-refractivity contribution is 7.99. The highest BCUT2D eigenvalue weighted by Gasteiger charge is 2.16. The van der Waals surface area contributed by atoms with Gasteiger partial charge in [-0.1, -0.05) is 29.4 Å². The molecule has 0 heterocycles. The third kappa shape index (κ3) is 4.74. The van der Waals surface area contributed by atoms with Crippen molar-refractivity contribution in [2.45, 2.75) is 16.4 Å². The maximum Gasteiger partial charge on any atom is 0.283 e. The van der Waals surface area contributed by atoms with Crippen LogP contribution in [0.15, 0.2) is 76.5 Å². The molecule has 0 aromatic heterocycles. The first-order chi connectivity index (χ1) is 12.5. The van der Waals surface area contributed by atoms with E-state index in [1.54, 1.807) is 24.3 Å².